The van der Waals surface area contributed by atoms with Crippen LogP contribution in [0.1, 0.15) is 5.56 Å². The zero-order valence-electron chi connectivity index (χ0n) is 9.66. The quantitative estimate of drug-likeness (QED) is 0.727. The van der Waals surface area contributed by atoms with Crippen LogP contribution in [-0.4, -0.2) is 15.1 Å². The summed E-state index contributed by atoms with van der Waals surface area (Å²) in [4.78, 5) is 8.10. The molecule has 0 aliphatic carbocycles. The predicted octanol–water partition coefficient (Wildman–Crippen LogP) is 2.54. The van der Waals surface area contributed by atoms with E-state index >= 15 is 0 Å². The highest BCUT2D eigenvalue weighted by Crippen LogP contribution is 2.26. The van der Waals surface area contributed by atoms with Crippen LogP contribution in [0.4, 0.5) is 11.5 Å². The lowest BCUT2D eigenvalue weighted by molar-refractivity contribution is 0.474. The normalized spacial score (nSPS) is 10.3. The fraction of sp³-hybridized carbons (Fsp3) is 0. The molecule has 0 radical (unpaired) electrons. The highest BCUT2D eigenvalue weighted by molar-refractivity contribution is 5.87. The van der Waals surface area contributed by atoms with Gasteiger partial charge in [-0.1, -0.05) is 0 Å². The minimum absolute atomic E-state index is 0.0787. The molecule has 0 bridgehead atoms. The Kier molecular flexibility index (Phi) is 2.50. The molecule has 92 valence electrons. The summed E-state index contributed by atoms with van der Waals surface area (Å²) in [6.07, 6.45) is 2.92. The van der Waals surface area contributed by atoms with Crippen molar-refractivity contribution in [3.8, 4) is 11.8 Å². The number of phenolic OH excluding ortho intramolecular Hbond substituents is 1. The first-order valence-corrected chi connectivity index (χ1v) is 5.46. The molecule has 3 aromatic rings. The minimum atomic E-state index is -0.0787. The maximum atomic E-state index is 9.63. The summed E-state index contributed by atoms with van der Waals surface area (Å²) in [5, 5.41) is 22.2. The van der Waals surface area contributed by atoms with E-state index in [0.717, 1.165) is 5.39 Å². The molecule has 6 nitrogen and oxygen atoms in total. The molecular weight excluding hydrogens is 244 g/mol. The molecule has 3 rings (SSSR count). The number of hydrogen-bond donors (Lipinski definition) is 2. The molecule has 0 saturated carbocycles. The van der Waals surface area contributed by atoms with Gasteiger partial charge in [-0.25, -0.2) is 9.97 Å². The zero-order chi connectivity index (χ0) is 13.2. The summed E-state index contributed by atoms with van der Waals surface area (Å²) < 4.78 is 5.17. The molecule has 1 aromatic carbocycles. The predicted molar refractivity (Wildman–Crippen MR) is 67.9 cm³/mol. The van der Waals surface area contributed by atoms with Crippen molar-refractivity contribution in [1.82, 2.24) is 9.97 Å². The number of aromatic nitrogens is 2. The number of rotatable bonds is 2. The summed E-state index contributed by atoms with van der Waals surface area (Å²) in [7, 11) is 0. The summed E-state index contributed by atoms with van der Waals surface area (Å²) in [5.41, 5.74) is 1.33. The van der Waals surface area contributed by atoms with Crippen molar-refractivity contribution in [2.24, 2.45) is 0 Å². The van der Waals surface area contributed by atoms with Crippen molar-refractivity contribution in [3.63, 3.8) is 0 Å². The summed E-state index contributed by atoms with van der Waals surface area (Å²) in [5.74, 6) is 0.493. The smallest absolute Gasteiger partial charge is 0.231 e. The van der Waals surface area contributed by atoms with Crippen LogP contribution >= 0.6 is 0 Å². The molecule has 0 aliphatic heterocycles. The Balaban J connectivity index is 1.99. The number of phenols is 1. The van der Waals surface area contributed by atoms with Crippen molar-refractivity contribution in [2.75, 3.05) is 5.32 Å². The van der Waals surface area contributed by atoms with E-state index in [9.17, 15) is 5.11 Å². The number of hydrogen-bond acceptors (Lipinski definition) is 6. The molecule has 2 aromatic heterocycles. The Morgan fingerprint density at radius 1 is 1.26 bits per heavy atom. The van der Waals surface area contributed by atoms with Gasteiger partial charge in [0.25, 0.3) is 0 Å². The van der Waals surface area contributed by atoms with Crippen LogP contribution in [-0.2, 0) is 0 Å². The van der Waals surface area contributed by atoms with E-state index in [1.165, 1.54) is 24.7 Å². The second kappa shape index (κ2) is 4.31. The largest absolute Gasteiger partial charge is 0.506 e. The third kappa shape index (κ3) is 1.93. The summed E-state index contributed by atoms with van der Waals surface area (Å²) >= 11 is 0. The highest BCUT2D eigenvalue weighted by atomic mass is 16.3. The lowest BCUT2D eigenvalue weighted by Gasteiger charge is -2.06. The number of benzene rings is 1. The van der Waals surface area contributed by atoms with E-state index in [1.807, 2.05) is 6.07 Å². The lowest BCUT2D eigenvalue weighted by atomic mass is 10.2. The fourth-order valence-corrected chi connectivity index (χ4v) is 1.73. The van der Waals surface area contributed by atoms with Gasteiger partial charge < -0.3 is 14.8 Å². The molecule has 0 saturated heterocycles. The van der Waals surface area contributed by atoms with Crippen LogP contribution < -0.4 is 5.32 Å². The van der Waals surface area contributed by atoms with Crippen molar-refractivity contribution in [2.45, 2.75) is 0 Å². The number of furan rings is 1. The van der Waals surface area contributed by atoms with E-state index in [2.05, 4.69) is 15.3 Å². The second-order valence-corrected chi connectivity index (χ2v) is 3.83. The maximum Gasteiger partial charge on any atom is 0.231 e. The summed E-state index contributed by atoms with van der Waals surface area (Å²) in [6.45, 7) is 0. The van der Waals surface area contributed by atoms with Crippen LogP contribution in [0.3, 0.4) is 0 Å². The molecular formula is C13H8N4O2. The van der Waals surface area contributed by atoms with Gasteiger partial charge in [-0.2, -0.15) is 5.26 Å². The van der Waals surface area contributed by atoms with Crippen LogP contribution in [0.2, 0.25) is 0 Å². The van der Waals surface area contributed by atoms with E-state index in [1.54, 1.807) is 12.1 Å². The molecule has 0 amide bonds. The Bertz CT molecular complexity index is 789. The van der Waals surface area contributed by atoms with Crippen molar-refractivity contribution >= 4 is 22.6 Å². The lowest BCUT2D eigenvalue weighted by Crippen LogP contribution is -1.95. The second-order valence-electron chi connectivity index (χ2n) is 3.83. The monoisotopic (exact) mass is 252 g/mol. The Morgan fingerprint density at radius 2 is 2.16 bits per heavy atom. The first kappa shape index (κ1) is 11.0. The van der Waals surface area contributed by atoms with Crippen LogP contribution in [0, 0.1) is 11.3 Å². The topological polar surface area (TPSA) is 95.0 Å². The average molecular weight is 252 g/mol. The Labute approximate surface area is 108 Å². The number of nitrogens with zero attached hydrogens (tertiary/aromatic N) is 3. The number of anilines is 2. The van der Waals surface area contributed by atoms with Gasteiger partial charge in [0.2, 0.25) is 5.71 Å². The SMILES string of the molecule is N#Cc1ccc(Nc2ncnc3occc23)cc1O. The highest BCUT2D eigenvalue weighted by Gasteiger charge is 2.07. The van der Waals surface area contributed by atoms with Gasteiger partial charge in [-0.15, -0.1) is 0 Å². The van der Waals surface area contributed by atoms with Gasteiger partial charge in [0.1, 0.15) is 24.0 Å². The molecule has 2 heterocycles. The van der Waals surface area contributed by atoms with E-state index in [0.29, 0.717) is 17.2 Å². The molecule has 19 heavy (non-hydrogen) atoms. The molecule has 0 spiro atoms. The van der Waals surface area contributed by atoms with Gasteiger partial charge in [-0.05, 0) is 18.2 Å². The van der Waals surface area contributed by atoms with Gasteiger partial charge in [-0.3, -0.25) is 0 Å². The van der Waals surface area contributed by atoms with Crippen LogP contribution in [0.5, 0.6) is 5.75 Å². The maximum absolute atomic E-state index is 9.63. The zero-order valence-corrected chi connectivity index (χ0v) is 9.66. The van der Waals surface area contributed by atoms with Gasteiger partial charge in [0.05, 0.1) is 17.2 Å². The first-order chi connectivity index (χ1) is 9.28. The third-order valence-corrected chi connectivity index (χ3v) is 2.64. The Hall–Kier alpha value is -3.07. The van der Waals surface area contributed by atoms with E-state index in [-0.39, 0.29) is 11.3 Å². The number of nitrogens with one attached hydrogen (secondary N) is 1. The van der Waals surface area contributed by atoms with E-state index in [4.69, 9.17) is 9.68 Å². The number of nitriles is 1. The fourth-order valence-electron chi connectivity index (χ4n) is 1.73. The van der Waals surface area contributed by atoms with Crippen LogP contribution in [0.15, 0.2) is 41.3 Å². The van der Waals surface area contributed by atoms with Gasteiger partial charge >= 0.3 is 0 Å². The molecule has 2 N–H and O–H groups in total. The minimum Gasteiger partial charge on any atom is -0.506 e. The number of aromatic hydroxyl groups is 1. The van der Waals surface area contributed by atoms with Crippen molar-refractivity contribution in [3.05, 3.63) is 42.4 Å². The van der Waals surface area contributed by atoms with E-state index < -0.39 is 0 Å². The van der Waals surface area contributed by atoms with Crippen molar-refractivity contribution < 1.29 is 9.52 Å². The third-order valence-electron chi connectivity index (χ3n) is 2.64. The van der Waals surface area contributed by atoms with Crippen molar-refractivity contribution in [1.29, 1.82) is 5.26 Å². The Morgan fingerprint density at radius 3 is 2.95 bits per heavy atom. The standard InChI is InChI=1S/C13H8N4O2/c14-6-8-1-2-9(5-11(8)18)17-12-10-3-4-19-13(10)16-7-15-12/h1-5,7,18H,(H,15,16,17). The molecule has 0 atom stereocenters. The van der Waals surface area contributed by atoms with Gasteiger partial charge in [0, 0.05) is 11.8 Å². The number of fused-ring (bicyclic) bond motifs is 1. The molecule has 6 heteroatoms. The van der Waals surface area contributed by atoms with Crippen LogP contribution in [0.25, 0.3) is 11.1 Å². The summed E-state index contributed by atoms with van der Waals surface area (Å²) in [6, 6.07) is 8.33. The first-order valence-electron chi connectivity index (χ1n) is 5.46. The molecule has 0 fully saturated rings. The molecule has 0 aliphatic rings. The average Bonchev–Trinajstić information content (AvgIpc) is 2.88. The van der Waals surface area contributed by atoms with Gasteiger partial charge in [0.15, 0.2) is 0 Å². The molecule has 0 unspecified atom stereocenters.